The van der Waals surface area contributed by atoms with E-state index >= 15 is 0 Å². The van der Waals surface area contributed by atoms with Gasteiger partial charge >= 0.3 is 0 Å². The molecule has 2 unspecified atom stereocenters. The Labute approximate surface area is 424 Å². The van der Waals surface area contributed by atoms with Gasteiger partial charge in [0.1, 0.15) is 11.4 Å². The summed E-state index contributed by atoms with van der Waals surface area (Å²) >= 11 is 7.96. The number of thiophene rings is 4. The van der Waals surface area contributed by atoms with E-state index in [1.54, 1.807) is 45.3 Å². The Balaban J connectivity index is 0.822. The molecule has 0 amide bonds. The van der Waals surface area contributed by atoms with Crippen molar-refractivity contribution in [3.63, 3.8) is 0 Å². The molecule has 11 rings (SSSR count). The zero-order chi connectivity index (χ0) is 47.0. The van der Waals surface area contributed by atoms with Crippen LogP contribution in [0.2, 0.25) is 0 Å². The summed E-state index contributed by atoms with van der Waals surface area (Å²) in [7, 11) is 0. The van der Waals surface area contributed by atoms with E-state index in [1.807, 2.05) is 12.1 Å². The molecule has 7 heterocycles. The number of aromatic nitrogens is 4. The summed E-state index contributed by atoms with van der Waals surface area (Å²) < 4.78 is 14.3. The monoisotopic (exact) mass is 996 g/mol. The van der Waals surface area contributed by atoms with Crippen molar-refractivity contribution < 1.29 is 0 Å². The Morgan fingerprint density at radius 1 is 0.435 bits per heavy atom. The minimum absolute atomic E-state index is 0.125. The van der Waals surface area contributed by atoms with Crippen LogP contribution in [-0.4, -0.2) is 17.9 Å². The molecule has 5 nitrogen and oxygen atoms in total. The summed E-state index contributed by atoms with van der Waals surface area (Å²) in [5, 5.41) is 5.27. The minimum Gasteiger partial charge on any atom is -0.340 e. The number of fused-ring (bicyclic) bond motifs is 6. The molecule has 0 saturated carbocycles. The summed E-state index contributed by atoms with van der Waals surface area (Å²) in [5.74, 6) is 1.35. The average molecular weight is 997 g/mol. The molecule has 0 spiro atoms. The van der Waals surface area contributed by atoms with E-state index < -0.39 is 0 Å². The molecule has 348 valence electrons. The fourth-order valence-electron chi connectivity index (χ4n) is 10.2. The highest BCUT2D eigenvalue weighted by molar-refractivity contribution is 7.26. The van der Waals surface area contributed by atoms with Gasteiger partial charge in [-0.05, 0) is 121 Å². The molecule has 11 aromatic rings. The fraction of sp³-hybridized carbons (Fsp3) is 0.271. The molecule has 69 heavy (non-hydrogen) atoms. The molecule has 0 saturated heterocycles. The van der Waals surface area contributed by atoms with Gasteiger partial charge in [-0.1, -0.05) is 115 Å². The molecular formula is C59H56N4OS5. The maximum absolute atomic E-state index is 14.2. The van der Waals surface area contributed by atoms with Gasteiger partial charge in [0.25, 0.3) is 0 Å². The van der Waals surface area contributed by atoms with Gasteiger partial charge in [-0.3, -0.25) is 4.79 Å². The maximum atomic E-state index is 14.2. The van der Waals surface area contributed by atoms with Crippen LogP contribution in [0.3, 0.4) is 0 Å². The fourth-order valence-corrected chi connectivity index (χ4v) is 15.1. The van der Waals surface area contributed by atoms with Crippen LogP contribution in [0.5, 0.6) is 0 Å². The summed E-state index contributed by atoms with van der Waals surface area (Å²) in [6, 6.07) is 49.0. The van der Waals surface area contributed by atoms with E-state index in [9.17, 15) is 4.79 Å². The van der Waals surface area contributed by atoms with Crippen molar-refractivity contribution in [3.8, 4) is 61.5 Å². The summed E-state index contributed by atoms with van der Waals surface area (Å²) in [6.45, 7) is 11.4. The SMILES string of the molecule is CCCCC(CC)Cn1c2ccccc2c2cc(-c3ccc(-c4ccc(-c5nsnc(-c6ccc(-c7ccc(-c8ccc9c(c8)c8ccccc8n9CC(CC)CCCC)s7)s6)c5=O)s4)s3)ccc21. The lowest BCUT2D eigenvalue weighted by molar-refractivity contribution is 0.401. The van der Waals surface area contributed by atoms with Gasteiger partial charge in [-0.2, -0.15) is 8.75 Å². The zero-order valence-corrected chi connectivity index (χ0v) is 43.7. The molecule has 0 aliphatic heterocycles. The molecule has 10 heteroatoms. The van der Waals surface area contributed by atoms with E-state index in [4.69, 9.17) is 0 Å². The Morgan fingerprint density at radius 3 is 1.23 bits per heavy atom. The van der Waals surface area contributed by atoms with E-state index in [-0.39, 0.29) is 5.43 Å². The molecule has 0 radical (unpaired) electrons. The van der Waals surface area contributed by atoms with Gasteiger partial charge in [-0.25, -0.2) is 0 Å². The molecule has 0 bridgehead atoms. The highest BCUT2D eigenvalue weighted by Crippen LogP contribution is 2.44. The van der Waals surface area contributed by atoms with E-state index in [1.165, 1.54) is 126 Å². The van der Waals surface area contributed by atoms with Crippen LogP contribution in [0.15, 0.2) is 138 Å². The van der Waals surface area contributed by atoms with E-state index in [0.29, 0.717) is 23.2 Å². The first-order valence-electron chi connectivity index (χ1n) is 24.7. The lowest BCUT2D eigenvalue weighted by atomic mass is 9.99. The first-order chi connectivity index (χ1) is 33.9. The second-order valence-electron chi connectivity index (χ2n) is 18.5. The standard InChI is InChI=1S/C59H56N4OS5/c1-5-9-15-37(7-3)35-62-45-19-13-11-17-41(45)43-33-39(21-23-47(43)62)49-25-27-51(65-49)53-29-31-55(67-53)57-59(64)58(61-69-60-57)56-32-30-54(68-56)52-28-26-50(66-52)40-22-24-48-44(34-40)42-18-12-14-20-46(42)63(48)36-38(8-4)16-10-6-2/h11-14,17-34,37-38H,5-10,15-16,35-36H2,1-4H3. The number of para-hydroxylation sites is 2. The van der Waals surface area contributed by atoms with Crippen molar-refractivity contribution in [3.05, 3.63) is 144 Å². The molecule has 0 fully saturated rings. The van der Waals surface area contributed by atoms with Gasteiger partial charge < -0.3 is 9.13 Å². The summed E-state index contributed by atoms with van der Waals surface area (Å²) in [4.78, 5) is 23.0. The smallest absolute Gasteiger partial charge is 0.234 e. The quantitative estimate of drug-likeness (QED) is 0.0861. The van der Waals surface area contributed by atoms with Gasteiger partial charge in [0.15, 0.2) is 0 Å². The Morgan fingerprint density at radius 2 is 0.812 bits per heavy atom. The lowest BCUT2D eigenvalue weighted by Gasteiger charge is -2.17. The van der Waals surface area contributed by atoms with Crippen LogP contribution < -0.4 is 5.43 Å². The summed E-state index contributed by atoms with van der Waals surface area (Å²) in [5.41, 5.74) is 8.55. The van der Waals surface area contributed by atoms with E-state index in [2.05, 4.69) is 167 Å². The van der Waals surface area contributed by atoms with Crippen molar-refractivity contribution in [2.24, 2.45) is 11.8 Å². The molecule has 4 aromatic carbocycles. The lowest BCUT2D eigenvalue weighted by Crippen LogP contribution is -2.10. The normalized spacial score (nSPS) is 12.9. The summed E-state index contributed by atoms with van der Waals surface area (Å²) in [6.07, 6.45) is 9.99. The third kappa shape index (κ3) is 8.88. The number of hydrogen-bond acceptors (Lipinski definition) is 8. The van der Waals surface area contributed by atoms with Crippen LogP contribution in [0, 0.1) is 11.8 Å². The third-order valence-electron chi connectivity index (χ3n) is 14.2. The van der Waals surface area contributed by atoms with Crippen molar-refractivity contribution in [2.75, 3.05) is 0 Å². The first-order valence-corrected chi connectivity index (χ1v) is 28.7. The number of hydrogen-bond donors (Lipinski definition) is 0. The van der Waals surface area contributed by atoms with Crippen molar-refractivity contribution in [1.29, 1.82) is 0 Å². The number of rotatable bonds is 18. The van der Waals surface area contributed by atoms with Crippen molar-refractivity contribution in [1.82, 2.24) is 17.9 Å². The van der Waals surface area contributed by atoms with Crippen molar-refractivity contribution in [2.45, 2.75) is 92.2 Å². The number of benzene rings is 4. The van der Waals surface area contributed by atoms with Gasteiger partial charge in [0.05, 0.1) is 21.5 Å². The van der Waals surface area contributed by atoms with Gasteiger partial charge in [0.2, 0.25) is 5.43 Å². The zero-order valence-electron chi connectivity index (χ0n) is 39.7. The average Bonchev–Trinajstić information content (AvgIpc) is 4.27. The number of nitrogens with zero attached hydrogens (tertiary/aromatic N) is 4. The van der Waals surface area contributed by atoms with Gasteiger partial charge in [-0.15, -0.1) is 45.3 Å². The largest absolute Gasteiger partial charge is 0.340 e. The maximum Gasteiger partial charge on any atom is 0.234 e. The Hall–Kier alpha value is -5.49. The van der Waals surface area contributed by atoms with Crippen LogP contribution in [-0.2, 0) is 13.1 Å². The second-order valence-corrected chi connectivity index (χ2v) is 23.4. The Kier molecular flexibility index (Phi) is 13.4. The molecule has 0 aliphatic carbocycles. The third-order valence-corrected chi connectivity index (χ3v) is 19.5. The van der Waals surface area contributed by atoms with Crippen LogP contribution >= 0.6 is 57.1 Å². The second kappa shape index (κ2) is 20.1. The number of unbranched alkanes of at least 4 members (excludes halogenated alkanes) is 2. The first kappa shape index (κ1) is 45.9. The molecule has 2 atom stereocenters. The molecular weight excluding hydrogens is 941 g/mol. The van der Waals surface area contributed by atoms with E-state index in [0.717, 1.165) is 44.3 Å². The van der Waals surface area contributed by atoms with Crippen LogP contribution in [0.25, 0.3) is 105 Å². The predicted octanol–water partition coefficient (Wildman–Crippen LogP) is 18.8. The van der Waals surface area contributed by atoms with Crippen LogP contribution in [0.1, 0.15) is 79.1 Å². The molecule has 0 N–H and O–H groups in total. The Bertz CT molecular complexity index is 3410. The minimum atomic E-state index is -0.125. The highest BCUT2D eigenvalue weighted by atomic mass is 32.1. The highest BCUT2D eigenvalue weighted by Gasteiger charge is 2.21. The van der Waals surface area contributed by atoms with Crippen molar-refractivity contribution >= 4 is 101 Å². The molecule has 0 aliphatic rings. The molecule has 7 aromatic heterocycles. The predicted molar refractivity (Wildman–Crippen MR) is 303 cm³/mol. The topological polar surface area (TPSA) is 52.7 Å². The van der Waals surface area contributed by atoms with Gasteiger partial charge in [0, 0.05) is 86.0 Å². The van der Waals surface area contributed by atoms with Crippen LogP contribution in [0.4, 0.5) is 0 Å².